The molecule has 1 fully saturated rings. The van der Waals surface area contributed by atoms with Crippen molar-refractivity contribution in [1.82, 2.24) is 0 Å². The first-order valence-corrected chi connectivity index (χ1v) is 9.17. The molecule has 4 rings (SSSR count). The fraction of sp³-hybridized carbons (Fsp3) is 0.250. The maximum Gasteiger partial charge on any atom is -0.00705 e. The van der Waals surface area contributed by atoms with Crippen molar-refractivity contribution in [3.05, 3.63) is 84.4 Å². The fourth-order valence-electron chi connectivity index (χ4n) is 4.11. The first-order valence-electron chi connectivity index (χ1n) is 9.17. The summed E-state index contributed by atoms with van der Waals surface area (Å²) in [6.07, 6.45) is 6.80. The second-order valence-electron chi connectivity index (χ2n) is 6.84. The average molecular weight is 312 g/mol. The largest absolute Gasteiger partial charge is 0.0622 e. The van der Waals surface area contributed by atoms with E-state index in [4.69, 9.17) is 0 Å². The Balaban J connectivity index is 1.91. The summed E-state index contributed by atoms with van der Waals surface area (Å²) < 4.78 is 0. The lowest BCUT2D eigenvalue weighted by molar-refractivity contribution is 0.444. The topological polar surface area (TPSA) is 0 Å². The molecule has 120 valence electrons. The van der Waals surface area contributed by atoms with Crippen LogP contribution in [0.1, 0.15) is 43.6 Å². The minimum Gasteiger partial charge on any atom is -0.0622 e. The van der Waals surface area contributed by atoms with Crippen molar-refractivity contribution in [3.63, 3.8) is 0 Å². The molecule has 0 bridgehead atoms. The Labute approximate surface area is 145 Å². The maximum absolute atomic E-state index is 2.37. The summed E-state index contributed by atoms with van der Waals surface area (Å²) in [6, 6.07) is 28.7. The number of hydrogen-bond acceptors (Lipinski definition) is 0. The minimum absolute atomic E-state index is 0.706. The Hall–Kier alpha value is -2.34. The Morgan fingerprint density at radius 1 is 0.542 bits per heavy atom. The highest BCUT2D eigenvalue weighted by Gasteiger charge is 2.21. The normalized spacial score (nSPS) is 15.3. The van der Waals surface area contributed by atoms with Crippen LogP contribution in [0.3, 0.4) is 0 Å². The van der Waals surface area contributed by atoms with Gasteiger partial charge in [-0.1, -0.05) is 98.1 Å². The van der Waals surface area contributed by atoms with E-state index in [0.29, 0.717) is 5.92 Å². The van der Waals surface area contributed by atoms with E-state index in [9.17, 15) is 0 Å². The molecule has 0 aliphatic heterocycles. The zero-order chi connectivity index (χ0) is 16.2. The van der Waals surface area contributed by atoms with Gasteiger partial charge in [-0.25, -0.2) is 0 Å². The van der Waals surface area contributed by atoms with Crippen LogP contribution in [0.15, 0.2) is 78.9 Å². The van der Waals surface area contributed by atoms with Gasteiger partial charge in [0.2, 0.25) is 0 Å². The lowest BCUT2D eigenvalue weighted by Gasteiger charge is -2.26. The molecule has 0 heteroatoms. The molecule has 0 unspecified atom stereocenters. The fourth-order valence-corrected chi connectivity index (χ4v) is 4.11. The molecule has 3 aromatic rings. The molecule has 0 heterocycles. The SMILES string of the molecule is c1ccc(-c2cccc(C3CCCCC3)c2-c2ccccc2)cc1. The molecule has 0 N–H and O–H groups in total. The molecule has 1 aliphatic carbocycles. The van der Waals surface area contributed by atoms with E-state index in [1.54, 1.807) is 5.56 Å². The molecule has 0 spiro atoms. The second kappa shape index (κ2) is 7.05. The number of benzene rings is 3. The molecule has 0 saturated heterocycles. The smallest absolute Gasteiger partial charge is 0.00705 e. The summed E-state index contributed by atoms with van der Waals surface area (Å²) in [5, 5.41) is 0. The summed E-state index contributed by atoms with van der Waals surface area (Å²) in [5.41, 5.74) is 7.01. The van der Waals surface area contributed by atoms with Gasteiger partial charge < -0.3 is 0 Å². The van der Waals surface area contributed by atoms with E-state index in [-0.39, 0.29) is 0 Å². The van der Waals surface area contributed by atoms with Gasteiger partial charge in [0.1, 0.15) is 0 Å². The van der Waals surface area contributed by atoms with Gasteiger partial charge in [0.05, 0.1) is 0 Å². The van der Waals surface area contributed by atoms with Crippen LogP contribution >= 0.6 is 0 Å². The Bertz CT molecular complexity index is 781. The van der Waals surface area contributed by atoms with Crippen LogP contribution in [-0.4, -0.2) is 0 Å². The van der Waals surface area contributed by atoms with Crippen LogP contribution in [0, 0.1) is 0 Å². The standard InChI is InChI=1S/C24H24/c1-4-11-19(12-5-1)22-17-10-18-23(20-13-6-2-7-14-20)24(22)21-15-8-3-9-16-21/h1,3-5,8-12,15-18,20H,2,6-7,13-14H2. The van der Waals surface area contributed by atoms with Gasteiger partial charge in [0, 0.05) is 0 Å². The number of rotatable bonds is 3. The monoisotopic (exact) mass is 312 g/mol. The molecule has 3 aromatic carbocycles. The molecular formula is C24H24. The van der Waals surface area contributed by atoms with Gasteiger partial charge in [0.25, 0.3) is 0 Å². The van der Waals surface area contributed by atoms with Gasteiger partial charge >= 0.3 is 0 Å². The third kappa shape index (κ3) is 3.01. The third-order valence-corrected chi connectivity index (χ3v) is 5.29. The highest BCUT2D eigenvalue weighted by atomic mass is 14.3. The summed E-state index contributed by atoms with van der Waals surface area (Å²) in [5.74, 6) is 0.706. The van der Waals surface area contributed by atoms with Crippen molar-refractivity contribution in [3.8, 4) is 22.3 Å². The molecule has 0 atom stereocenters. The summed E-state index contributed by atoms with van der Waals surface area (Å²) >= 11 is 0. The van der Waals surface area contributed by atoms with E-state index in [1.807, 2.05) is 0 Å². The average Bonchev–Trinajstić information content (AvgIpc) is 2.69. The summed E-state index contributed by atoms with van der Waals surface area (Å²) in [7, 11) is 0. The van der Waals surface area contributed by atoms with Crippen LogP contribution in [-0.2, 0) is 0 Å². The van der Waals surface area contributed by atoms with Crippen molar-refractivity contribution in [2.24, 2.45) is 0 Å². The van der Waals surface area contributed by atoms with Gasteiger partial charge in [0.15, 0.2) is 0 Å². The molecule has 0 nitrogen and oxygen atoms in total. The molecule has 0 aromatic heterocycles. The lowest BCUT2D eigenvalue weighted by Crippen LogP contribution is -2.06. The van der Waals surface area contributed by atoms with Crippen molar-refractivity contribution in [2.45, 2.75) is 38.0 Å². The van der Waals surface area contributed by atoms with E-state index >= 15 is 0 Å². The predicted octanol–water partition coefficient (Wildman–Crippen LogP) is 7.07. The van der Waals surface area contributed by atoms with Gasteiger partial charge in [-0.05, 0) is 46.6 Å². The number of hydrogen-bond donors (Lipinski definition) is 0. The Morgan fingerprint density at radius 2 is 1.17 bits per heavy atom. The molecule has 1 saturated carbocycles. The summed E-state index contributed by atoms with van der Waals surface area (Å²) in [6.45, 7) is 0. The van der Waals surface area contributed by atoms with Crippen LogP contribution in [0.5, 0.6) is 0 Å². The van der Waals surface area contributed by atoms with Crippen molar-refractivity contribution >= 4 is 0 Å². The Morgan fingerprint density at radius 3 is 1.83 bits per heavy atom. The highest BCUT2D eigenvalue weighted by molar-refractivity contribution is 5.86. The van der Waals surface area contributed by atoms with Crippen LogP contribution in [0.25, 0.3) is 22.3 Å². The van der Waals surface area contributed by atoms with Crippen LogP contribution in [0.2, 0.25) is 0 Å². The minimum atomic E-state index is 0.706. The van der Waals surface area contributed by atoms with E-state index < -0.39 is 0 Å². The van der Waals surface area contributed by atoms with Crippen LogP contribution in [0.4, 0.5) is 0 Å². The third-order valence-electron chi connectivity index (χ3n) is 5.29. The Kier molecular flexibility index (Phi) is 4.46. The molecule has 1 aliphatic rings. The predicted molar refractivity (Wildman–Crippen MR) is 103 cm³/mol. The molecule has 0 radical (unpaired) electrons. The first kappa shape index (κ1) is 15.2. The maximum atomic E-state index is 2.37. The van der Waals surface area contributed by atoms with Crippen molar-refractivity contribution in [2.75, 3.05) is 0 Å². The van der Waals surface area contributed by atoms with Gasteiger partial charge in [-0.15, -0.1) is 0 Å². The lowest BCUT2D eigenvalue weighted by atomic mass is 9.78. The van der Waals surface area contributed by atoms with Crippen molar-refractivity contribution in [1.29, 1.82) is 0 Å². The first-order chi connectivity index (χ1) is 11.9. The van der Waals surface area contributed by atoms with E-state index in [1.165, 1.54) is 54.4 Å². The highest BCUT2D eigenvalue weighted by Crippen LogP contribution is 2.42. The molecular weight excluding hydrogens is 288 g/mol. The van der Waals surface area contributed by atoms with E-state index in [0.717, 1.165) is 0 Å². The summed E-state index contributed by atoms with van der Waals surface area (Å²) in [4.78, 5) is 0. The zero-order valence-electron chi connectivity index (χ0n) is 14.1. The van der Waals surface area contributed by atoms with Gasteiger partial charge in [-0.2, -0.15) is 0 Å². The van der Waals surface area contributed by atoms with Crippen LogP contribution < -0.4 is 0 Å². The zero-order valence-corrected chi connectivity index (χ0v) is 14.1. The molecule has 24 heavy (non-hydrogen) atoms. The van der Waals surface area contributed by atoms with Crippen molar-refractivity contribution < 1.29 is 0 Å². The quantitative estimate of drug-likeness (QED) is 0.485. The second-order valence-corrected chi connectivity index (χ2v) is 6.84. The van der Waals surface area contributed by atoms with E-state index in [2.05, 4.69) is 78.9 Å². The molecule has 0 amide bonds. The van der Waals surface area contributed by atoms with Gasteiger partial charge in [-0.3, -0.25) is 0 Å².